The molecular weight excluding hydrogens is 135 g/mol. The van der Waals surface area contributed by atoms with Crippen molar-refractivity contribution in [2.45, 2.75) is 55.2 Å². The van der Waals surface area contributed by atoms with E-state index >= 15 is 0 Å². The zero-order chi connectivity index (χ0) is 8.04. The van der Waals surface area contributed by atoms with E-state index < -0.39 is 13.1 Å². The highest BCUT2D eigenvalue weighted by Gasteiger charge is 2.08. The molecule has 0 unspecified atom stereocenters. The van der Waals surface area contributed by atoms with E-state index in [4.69, 9.17) is 0 Å². The molecule has 1 heteroatoms. The highest BCUT2D eigenvalue weighted by atomic mass is 27.2. The van der Waals surface area contributed by atoms with Crippen LogP contribution < -0.4 is 0 Å². The summed E-state index contributed by atoms with van der Waals surface area (Å²) < 4.78 is 0. The Kier molecular flexibility index (Phi) is 5.50. The van der Waals surface area contributed by atoms with Crippen LogP contribution in [0.3, 0.4) is 0 Å². The van der Waals surface area contributed by atoms with Crippen molar-refractivity contribution in [3.63, 3.8) is 0 Å². The molecule has 62 valence electrons. The van der Waals surface area contributed by atoms with E-state index in [0.717, 1.165) is 0 Å². The van der Waals surface area contributed by atoms with Gasteiger partial charge in [-0.1, -0.05) is 32.6 Å². The fourth-order valence-corrected chi connectivity index (χ4v) is 2.70. The van der Waals surface area contributed by atoms with Gasteiger partial charge in [-0.25, -0.2) is 17.4 Å². The van der Waals surface area contributed by atoms with Gasteiger partial charge in [0, 0.05) is 0 Å². The van der Waals surface area contributed by atoms with E-state index in [2.05, 4.69) is 24.3 Å². The summed E-state index contributed by atoms with van der Waals surface area (Å²) in [4.78, 5) is 0. The summed E-state index contributed by atoms with van der Waals surface area (Å²) in [5.41, 5.74) is 0. The second-order valence-electron chi connectivity index (χ2n) is 4.81. The molecule has 0 fully saturated rings. The Bertz CT molecular complexity index is 71.3. The van der Waals surface area contributed by atoms with Gasteiger partial charge < -0.3 is 0 Å². The van der Waals surface area contributed by atoms with Gasteiger partial charge >= 0.3 is 0 Å². The molecule has 0 aromatic carbocycles. The minimum absolute atomic E-state index is 0.959. The average Bonchev–Trinajstić information content (AvgIpc) is 1.78. The van der Waals surface area contributed by atoms with Crippen LogP contribution in [0.1, 0.15) is 32.6 Å². The molecule has 0 amide bonds. The largest absolute Gasteiger partial charge is 0.204 e. The molecule has 0 bridgehead atoms. The minimum atomic E-state index is -0.959. The van der Waals surface area contributed by atoms with Crippen molar-refractivity contribution in [2.75, 3.05) is 0 Å². The summed E-state index contributed by atoms with van der Waals surface area (Å²) >= 11 is -0.959. The normalized spacial score (nSPS) is 12.0. The Morgan fingerprint density at radius 1 is 0.900 bits per heavy atom. The first-order chi connectivity index (χ1) is 4.56. The maximum atomic E-state index is 2.49. The first-order valence-electron chi connectivity index (χ1n) is 4.85. The number of hydrogen-bond donors (Lipinski definition) is 0. The summed E-state index contributed by atoms with van der Waals surface area (Å²) in [6.45, 7) is 2.27. The third kappa shape index (κ3) is 8.53. The highest BCUT2D eigenvalue weighted by molar-refractivity contribution is 6.76. The summed E-state index contributed by atoms with van der Waals surface area (Å²) in [5.74, 6) is 7.46. The van der Waals surface area contributed by atoms with Gasteiger partial charge in [0.25, 0.3) is 0 Å². The molecule has 0 aliphatic rings. The lowest BCUT2D eigenvalue weighted by molar-refractivity contribution is 0.697. The summed E-state index contributed by atoms with van der Waals surface area (Å²) in [6, 6.07) is 0. The first-order valence-corrected chi connectivity index (χ1v) is 9.13. The first kappa shape index (κ1) is 10.5. The predicted octanol–water partition coefficient (Wildman–Crippen LogP) is 3.90. The van der Waals surface area contributed by atoms with E-state index in [9.17, 15) is 0 Å². The lowest BCUT2D eigenvalue weighted by atomic mass is 10.2. The van der Waals surface area contributed by atoms with Crippen LogP contribution in [0.5, 0.6) is 0 Å². The topological polar surface area (TPSA) is 0 Å². The van der Waals surface area contributed by atoms with Crippen molar-refractivity contribution in [3.05, 3.63) is 0 Å². The van der Waals surface area contributed by atoms with Crippen LogP contribution in [0.2, 0.25) is 22.6 Å². The zero-order valence-corrected chi connectivity index (χ0v) is 9.27. The Morgan fingerprint density at radius 3 is 1.90 bits per heavy atom. The number of rotatable bonds is 5. The molecule has 0 rings (SSSR count). The van der Waals surface area contributed by atoms with Crippen LogP contribution in [0.25, 0.3) is 0 Å². The molecule has 10 heavy (non-hydrogen) atoms. The van der Waals surface area contributed by atoms with Crippen molar-refractivity contribution in [3.8, 4) is 0 Å². The molecule has 0 N–H and O–H groups in total. The SMILES string of the molecule is CCCCC[CH2][Al-]([CH3])([CH3])[CH3]. The molecular formula is C9H22Al-. The van der Waals surface area contributed by atoms with E-state index in [0.29, 0.717) is 0 Å². The molecule has 0 aliphatic heterocycles. The molecule has 0 atom stereocenters. The fourth-order valence-electron chi connectivity index (χ4n) is 1.18. The zero-order valence-electron chi connectivity index (χ0n) is 8.11. The van der Waals surface area contributed by atoms with Crippen LogP contribution in [-0.4, -0.2) is 13.1 Å². The maximum Gasteiger partial charge on any atom is 0.124 e. The molecule has 0 aromatic heterocycles. The highest BCUT2D eigenvalue weighted by Crippen LogP contribution is 2.14. The molecule has 0 aliphatic carbocycles. The van der Waals surface area contributed by atoms with Crippen molar-refractivity contribution >= 4 is 13.1 Å². The lowest BCUT2D eigenvalue weighted by Gasteiger charge is -2.18. The molecule has 0 aromatic rings. The van der Waals surface area contributed by atoms with Crippen LogP contribution in [0.15, 0.2) is 0 Å². The third-order valence-corrected chi connectivity index (χ3v) is 4.06. The van der Waals surface area contributed by atoms with Crippen LogP contribution >= 0.6 is 0 Å². The van der Waals surface area contributed by atoms with E-state index in [1.807, 2.05) is 0 Å². The second kappa shape index (κ2) is 5.22. The van der Waals surface area contributed by atoms with Gasteiger partial charge in [0.2, 0.25) is 0 Å². The minimum Gasteiger partial charge on any atom is -0.204 e. The summed E-state index contributed by atoms with van der Waals surface area (Å²) in [6.07, 6.45) is 5.76. The second-order valence-corrected chi connectivity index (χ2v) is 11.3. The molecule has 0 radical (unpaired) electrons. The standard InChI is InChI=1S/C6H13.3CH3.Al/c1-3-5-6-4-2;;;;/h1,3-6H2,2H3;3*1H3;/q;;;;-1. The van der Waals surface area contributed by atoms with Gasteiger partial charge in [0.15, 0.2) is 0 Å². The molecule has 0 saturated heterocycles. The van der Waals surface area contributed by atoms with Crippen molar-refractivity contribution < 1.29 is 0 Å². The molecule has 0 heterocycles. The Balaban J connectivity index is 3.04. The lowest BCUT2D eigenvalue weighted by Crippen LogP contribution is -2.18. The van der Waals surface area contributed by atoms with Gasteiger partial charge in [-0.15, -0.1) is 0 Å². The van der Waals surface area contributed by atoms with Crippen molar-refractivity contribution in [1.82, 2.24) is 0 Å². The number of hydrogen-bond acceptors (Lipinski definition) is 0. The fraction of sp³-hybridized carbons (Fsp3) is 1.00. The average molecular weight is 157 g/mol. The Morgan fingerprint density at radius 2 is 1.50 bits per heavy atom. The monoisotopic (exact) mass is 157 g/mol. The Labute approximate surface area is 68.7 Å². The Hall–Kier alpha value is 0.532. The van der Waals surface area contributed by atoms with Gasteiger partial charge in [0.05, 0.1) is 0 Å². The third-order valence-electron chi connectivity index (χ3n) is 1.92. The van der Waals surface area contributed by atoms with E-state index in [-0.39, 0.29) is 0 Å². The quantitative estimate of drug-likeness (QED) is 0.419. The van der Waals surface area contributed by atoms with Gasteiger partial charge in [-0.2, -0.15) is 5.28 Å². The molecule has 0 saturated carbocycles. The van der Waals surface area contributed by atoms with Gasteiger partial charge in [-0.3, -0.25) is 0 Å². The van der Waals surface area contributed by atoms with Gasteiger partial charge in [-0.05, 0) is 0 Å². The van der Waals surface area contributed by atoms with E-state index in [1.54, 1.807) is 5.28 Å². The summed E-state index contributed by atoms with van der Waals surface area (Å²) in [7, 11) is 0. The molecule has 0 spiro atoms. The predicted molar refractivity (Wildman–Crippen MR) is 52.3 cm³/mol. The molecule has 0 nitrogen and oxygen atoms in total. The number of unbranched alkanes of at least 4 members (excludes halogenated alkanes) is 3. The van der Waals surface area contributed by atoms with Crippen LogP contribution in [0.4, 0.5) is 0 Å². The summed E-state index contributed by atoms with van der Waals surface area (Å²) in [5, 5.41) is 1.55. The van der Waals surface area contributed by atoms with Crippen LogP contribution in [0, 0.1) is 0 Å². The van der Waals surface area contributed by atoms with Crippen LogP contribution in [-0.2, 0) is 0 Å². The smallest absolute Gasteiger partial charge is 0.124 e. The van der Waals surface area contributed by atoms with Gasteiger partial charge in [0.1, 0.15) is 13.1 Å². The van der Waals surface area contributed by atoms with E-state index in [1.165, 1.54) is 25.7 Å². The maximum absolute atomic E-state index is 2.49. The van der Waals surface area contributed by atoms with Crippen molar-refractivity contribution in [1.29, 1.82) is 0 Å². The van der Waals surface area contributed by atoms with Crippen molar-refractivity contribution in [2.24, 2.45) is 0 Å².